The SMILES string of the molecule is COC1CCC(OC)O1.O=C(O)[C@@H]1CCCN1.O=CC1=C[C@H]2CC(O)O[C@H]2C1.O=CCCC=O. The third kappa shape index (κ3) is 11.4. The van der Waals surface area contributed by atoms with Gasteiger partial charge in [0.2, 0.25) is 0 Å². The summed E-state index contributed by atoms with van der Waals surface area (Å²) >= 11 is 0. The van der Waals surface area contributed by atoms with Gasteiger partial charge in [-0.25, -0.2) is 0 Å². The van der Waals surface area contributed by atoms with Crippen LogP contribution >= 0.6 is 0 Å². The van der Waals surface area contributed by atoms with E-state index in [1.807, 2.05) is 6.08 Å². The summed E-state index contributed by atoms with van der Waals surface area (Å²) in [5, 5.41) is 20.3. The number of carbonyl (C=O) groups excluding carboxylic acids is 3. The number of methoxy groups -OCH3 is 2. The van der Waals surface area contributed by atoms with E-state index < -0.39 is 12.3 Å². The Morgan fingerprint density at radius 2 is 1.71 bits per heavy atom. The van der Waals surface area contributed by atoms with E-state index >= 15 is 0 Å². The second-order valence-electron chi connectivity index (χ2n) is 8.03. The molecule has 34 heavy (non-hydrogen) atoms. The number of aliphatic hydroxyl groups excluding tert-OH is 1. The third-order valence-corrected chi connectivity index (χ3v) is 5.53. The Hall–Kier alpha value is -2.02. The van der Waals surface area contributed by atoms with E-state index in [0.717, 1.165) is 56.7 Å². The van der Waals surface area contributed by atoms with Crippen LogP contribution in [0, 0.1) is 5.92 Å². The van der Waals surface area contributed by atoms with Gasteiger partial charge in [-0.05, 0) is 25.0 Å². The van der Waals surface area contributed by atoms with E-state index in [-0.39, 0.29) is 30.6 Å². The lowest BCUT2D eigenvalue weighted by Crippen LogP contribution is -2.29. The second-order valence-corrected chi connectivity index (χ2v) is 8.03. The van der Waals surface area contributed by atoms with Gasteiger partial charge in [-0.1, -0.05) is 6.08 Å². The minimum atomic E-state index is -0.720. The summed E-state index contributed by atoms with van der Waals surface area (Å²) in [7, 11) is 3.28. The molecule has 0 aromatic carbocycles. The highest BCUT2D eigenvalue weighted by molar-refractivity contribution is 5.74. The van der Waals surface area contributed by atoms with Crippen LogP contribution in [-0.4, -0.2) is 86.8 Å². The highest BCUT2D eigenvalue weighted by atomic mass is 16.8. The van der Waals surface area contributed by atoms with E-state index in [1.54, 1.807) is 14.2 Å². The first-order chi connectivity index (χ1) is 16.4. The molecule has 11 nitrogen and oxygen atoms in total. The van der Waals surface area contributed by atoms with Crippen molar-refractivity contribution in [2.24, 2.45) is 5.92 Å². The fourth-order valence-corrected chi connectivity index (χ4v) is 3.74. The Kier molecular flexibility index (Phi) is 15.4. The van der Waals surface area contributed by atoms with Gasteiger partial charge in [0, 0.05) is 58.7 Å². The summed E-state index contributed by atoms with van der Waals surface area (Å²) in [6.45, 7) is 0.858. The van der Waals surface area contributed by atoms with E-state index in [1.165, 1.54) is 0 Å². The van der Waals surface area contributed by atoms with Crippen LogP contribution in [0.5, 0.6) is 0 Å². The van der Waals surface area contributed by atoms with Gasteiger partial charge in [-0.15, -0.1) is 0 Å². The average molecular weight is 488 g/mol. The number of carboxylic acid groups (broad SMARTS) is 1. The lowest BCUT2D eigenvalue weighted by molar-refractivity contribution is -0.185. The van der Waals surface area contributed by atoms with Crippen molar-refractivity contribution in [2.45, 2.75) is 82.4 Å². The van der Waals surface area contributed by atoms with E-state index in [4.69, 9.17) is 29.2 Å². The Bertz CT molecular complexity index is 632. The van der Waals surface area contributed by atoms with Crippen LogP contribution in [0.15, 0.2) is 11.6 Å². The number of nitrogens with one attached hydrogen (secondary N) is 1. The topological polar surface area (TPSA) is 158 Å². The van der Waals surface area contributed by atoms with Crippen LogP contribution in [0.25, 0.3) is 0 Å². The molecule has 194 valence electrons. The zero-order chi connectivity index (χ0) is 25.3. The van der Waals surface area contributed by atoms with E-state index in [0.29, 0.717) is 25.7 Å². The molecule has 0 saturated carbocycles. The molecule has 0 aromatic rings. The number of aldehydes is 3. The van der Waals surface area contributed by atoms with E-state index in [2.05, 4.69) is 5.32 Å². The van der Waals surface area contributed by atoms with Crippen molar-refractivity contribution in [1.29, 1.82) is 0 Å². The molecule has 1 aliphatic carbocycles. The molecule has 0 bridgehead atoms. The van der Waals surface area contributed by atoms with Gasteiger partial charge < -0.3 is 44.1 Å². The maximum atomic E-state index is 10.3. The number of hydrogen-bond acceptors (Lipinski definition) is 10. The molecule has 11 heteroatoms. The predicted octanol–water partition coefficient (Wildman–Crippen LogP) is 0.968. The van der Waals surface area contributed by atoms with Gasteiger partial charge in [0.1, 0.15) is 24.9 Å². The monoisotopic (exact) mass is 487 g/mol. The molecule has 0 amide bonds. The van der Waals surface area contributed by atoms with Gasteiger partial charge in [0.05, 0.1) is 6.10 Å². The molecule has 4 aliphatic rings. The number of ether oxygens (including phenoxy) is 4. The maximum Gasteiger partial charge on any atom is 0.320 e. The third-order valence-electron chi connectivity index (χ3n) is 5.53. The van der Waals surface area contributed by atoms with Gasteiger partial charge in [-0.2, -0.15) is 0 Å². The van der Waals surface area contributed by atoms with Crippen LogP contribution in [0.3, 0.4) is 0 Å². The van der Waals surface area contributed by atoms with E-state index in [9.17, 15) is 19.2 Å². The van der Waals surface area contributed by atoms with Crippen molar-refractivity contribution < 1.29 is 48.3 Å². The summed E-state index contributed by atoms with van der Waals surface area (Å²) in [4.78, 5) is 39.3. The Morgan fingerprint density at radius 3 is 2.06 bits per heavy atom. The molecule has 3 fully saturated rings. The minimum Gasteiger partial charge on any atom is -0.480 e. The molecule has 6 atom stereocenters. The van der Waals surface area contributed by atoms with Crippen LogP contribution in [0.2, 0.25) is 0 Å². The van der Waals surface area contributed by atoms with Crippen molar-refractivity contribution in [1.82, 2.24) is 5.32 Å². The smallest absolute Gasteiger partial charge is 0.320 e. The van der Waals surface area contributed by atoms with Crippen molar-refractivity contribution in [3.05, 3.63) is 11.6 Å². The first-order valence-corrected chi connectivity index (χ1v) is 11.4. The van der Waals surface area contributed by atoms with Crippen molar-refractivity contribution in [2.75, 3.05) is 20.8 Å². The number of carbonyl (C=O) groups is 4. The average Bonchev–Trinajstić information content (AvgIpc) is 3.62. The maximum absolute atomic E-state index is 10.3. The van der Waals surface area contributed by atoms with Crippen LogP contribution in [0.1, 0.15) is 51.4 Å². The molecule has 3 N–H and O–H groups in total. The number of unbranched alkanes of at least 4 members (excludes halogenated alkanes) is 1. The highest BCUT2D eigenvalue weighted by Gasteiger charge is 2.37. The van der Waals surface area contributed by atoms with Gasteiger partial charge >= 0.3 is 5.97 Å². The zero-order valence-corrected chi connectivity index (χ0v) is 19.8. The molecule has 3 saturated heterocycles. The standard InChI is InChI=1S/C8H10O3.C6H12O3.C5H9NO2.C4H6O2/c9-4-5-1-6-3-8(10)11-7(6)2-5;1-7-5-3-4-6(8-2)9-5;7-5(8)4-2-1-3-6-4;5-3-1-2-4-6/h1,4,6-8,10H,2-3H2;5-6H,3-4H2,1-2H3;4,6H,1-3H2,(H,7,8);3-4H,1-2H2/t6-,7-,8?;;4-;/m0.0./s1. The summed E-state index contributed by atoms with van der Waals surface area (Å²) in [6, 6.07) is -0.269. The second kappa shape index (κ2) is 17.4. The lowest BCUT2D eigenvalue weighted by atomic mass is 10.1. The fourth-order valence-electron chi connectivity index (χ4n) is 3.74. The quantitative estimate of drug-likeness (QED) is 0.347. The molecule has 4 rings (SSSR count). The number of hydrogen-bond donors (Lipinski definition) is 3. The van der Waals surface area contributed by atoms with Gasteiger partial charge in [0.15, 0.2) is 18.9 Å². The summed E-state index contributed by atoms with van der Waals surface area (Å²) < 4.78 is 20.3. The molecular formula is C23H37NO10. The first-order valence-electron chi connectivity index (χ1n) is 11.4. The first kappa shape index (κ1) is 30.0. The zero-order valence-electron chi connectivity index (χ0n) is 19.8. The predicted molar refractivity (Wildman–Crippen MR) is 120 cm³/mol. The summed E-state index contributed by atoms with van der Waals surface area (Å²) in [6.07, 6.45) is 9.30. The molecule has 3 unspecified atom stereocenters. The molecular weight excluding hydrogens is 450 g/mol. The molecule has 3 heterocycles. The normalized spacial score (nSPS) is 30.9. The number of aliphatic carboxylic acids is 1. The minimum absolute atomic E-state index is 0.0463. The lowest BCUT2D eigenvalue weighted by Gasteiger charge is -2.09. The number of fused-ring (bicyclic) bond motifs is 1. The van der Waals surface area contributed by atoms with Crippen LogP contribution in [-0.2, 0) is 38.1 Å². The Morgan fingerprint density at radius 1 is 1.09 bits per heavy atom. The van der Waals surface area contributed by atoms with Crippen molar-refractivity contribution in [3.63, 3.8) is 0 Å². The van der Waals surface area contributed by atoms with Crippen molar-refractivity contribution >= 4 is 24.8 Å². The largest absolute Gasteiger partial charge is 0.480 e. The van der Waals surface area contributed by atoms with Crippen LogP contribution < -0.4 is 5.32 Å². The van der Waals surface area contributed by atoms with Gasteiger partial charge in [0.25, 0.3) is 0 Å². The number of rotatable bonds is 7. The van der Waals surface area contributed by atoms with Crippen LogP contribution in [0.4, 0.5) is 0 Å². The van der Waals surface area contributed by atoms with Crippen molar-refractivity contribution in [3.8, 4) is 0 Å². The molecule has 0 radical (unpaired) electrons. The highest BCUT2D eigenvalue weighted by Crippen LogP contribution is 2.36. The molecule has 0 spiro atoms. The summed E-state index contributed by atoms with van der Waals surface area (Å²) in [5.41, 5.74) is 0.812. The molecule has 3 aliphatic heterocycles. The molecule has 0 aromatic heterocycles. The fraction of sp³-hybridized carbons (Fsp3) is 0.739. The number of aliphatic hydroxyl groups is 1. The number of carboxylic acids is 1. The van der Waals surface area contributed by atoms with Gasteiger partial charge in [-0.3, -0.25) is 9.59 Å². The summed E-state index contributed by atoms with van der Waals surface area (Å²) in [5.74, 6) is -0.451. The Labute approximate surface area is 199 Å². The Balaban J connectivity index is 0.000000233.